The lowest BCUT2D eigenvalue weighted by Crippen LogP contribution is -2.41. The fourth-order valence-corrected chi connectivity index (χ4v) is 2.41. The fourth-order valence-electron chi connectivity index (χ4n) is 2.41. The topological polar surface area (TPSA) is 49.3 Å². The molecule has 0 spiro atoms. The fraction of sp³-hybridized carbons (Fsp3) is 0.917. The number of nitrogens with one attached hydrogen (secondary N) is 1. The third-order valence-electron chi connectivity index (χ3n) is 3.33. The van der Waals surface area contributed by atoms with E-state index in [0.29, 0.717) is 18.8 Å². The average molecular weight is 213 g/mol. The van der Waals surface area contributed by atoms with Crippen LogP contribution in [0.15, 0.2) is 0 Å². The maximum absolute atomic E-state index is 11.3. The van der Waals surface area contributed by atoms with Crippen molar-refractivity contribution in [1.82, 2.24) is 5.32 Å². The Hall–Kier alpha value is -0.570. The summed E-state index contributed by atoms with van der Waals surface area (Å²) >= 11 is 0. The number of aliphatic hydroxyl groups is 1. The van der Waals surface area contributed by atoms with Crippen LogP contribution in [-0.2, 0) is 4.79 Å². The molecule has 1 saturated carbocycles. The first kappa shape index (κ1) is 12.5. The molecule has 1 aliphatic carbocycles. The van der Waals surface area contributed by atoms with Gasteiger partial charge >= 0.3 is 0 Å². The van der Waals surface area contributed by atoms with E-state index in [-0.39, 0.29) is 18.6 Å². The van der Waals surface area contributed by atoms with E-state index in [9.17, 15) is 4.79 Å². The smallest absolute Gasteiger partial charge is 0.219 e. The minimum absolute atomic E-state index is 0.110. The molecule has 1 rings (SSSR count). The van der Waals surface area contributed by atoms with Crippen LogP contribution in [0.5, 0.6) is 0 Å². The highest BCUT2D eigenvalue weighted by atomic mass is 16.3. The average Bonchev–Trinajstić information content (AvgIpc) is 2.29. The van der Waals surface area contributed by atoms with Crippen LogP contribution in [0.2, 0.25) is 0 Å². The molecule has 15 heavy (non-hydrogen) atoms. The number of aliphatic hydroxyl groups excluding tert-OH is 1. The van der Waals surface area contributed by atoms with Crippen molar-refractivity contribution in [1.29, 1.82) is 0 Å². The molecule has 1 amide bonds. The van der Waals surface area contributed by atoms with Gasteiger partial charge in [0.15, 0.2) is 0 Å². The third kappa shape index (κ3) is 4.20. The summed E-state index contributed by atoms with van der Waals surface area (Å²) in [5, 5.41) is 12.0. The molecule has 0 aliphatic heterocycles. The predicted molar refractivity (Wildman–Crippen MR) is 60.5 cm³/mol. The number of rotatable bonds is 5. The van der Waals surface area contributed by atoms with Crippen molar-refractivity contribution >= 4 is 5.91 Å². The monoisotopic (exact) mass is 213 g/mol. The Bertz CT molecular complexity index is 188. The zero-order valence-electron chi connectivity index (χ0n) is 9.67. The van der Waals surface area contributed by atoms with Gasteiger partial charge < -0.3 is 10.4 Å². The summed E-state index contributed by atoms with van der Waals surface area (Å²) in [6.45, 7) is 2.04. The Balaban J connectivity index is 2.43. The van der Waals surface area contributed by atoms with Gasteiger partial charge in [-0.2, -0.15) is 0 Å². The molecule has 2 N–H and O–H groups in total. The predicted octanol–water partition coefficient (Wildman–Crippen LogP) is 1.84. The van der Waals surface area contributed by atoms with Crippen LogP contribution < -0.4 is 5.32 Å². The van der Waals surface area contributed by atoms with Crippen LogP contribution in [-0.4, -0.2) is 23.7 Å². The Morgan fingerprint density at radius 1 is 1.40 bits per heavy atom. The van der Waals surface area contributed by atoms with Crippen LogP contribution >= 0.6 is 0 Å². The summed E-state index contributed by atoms with van der Waals surface area (Å²) in [6.07, 6.45) is 7.52. The molecule has 3 nitrogen and oxygen atoms in total. The molecule has 1 aliphatic rings. The van der Waals surface area contributed by atoms with E-state index in [2.05, 4.69) is 5.32 Å². The molecule has 0 aromatic carbocycles. The van der Waals surface area contributed by atoms with Crippen molar-refractivity contribution < 1.29 is 9.90 Å². The van der Waals surface area contributed by atoms with E-state index >= 15 is 0 Å². The summed E-state index contributed by atoms with van der Waals surface area (Å²) in [7, 11) is 0. The van der Waals surface area contributed by atoms with E-state index < -0.39 is 0 Å². The van der Waals surface area contributed by atoms with Crippen LogP contribution in [0.3, 0.4) is 0 Å². The molecule has 0 aromatic rings. The van der Waals surface area contributed by atoms with Gasteiger partial charge in [-0.05, 0) is 25.2 Å². The van der Waals surface area contributed by atoms with Gasteiger partial charge in [0.2, 0.25) is 5.91 Å². The molecule has 0 bridgehead atoms. The van der Waals surface area contributed by atoms with Crippen LogP contribution in [0.4, 0.5) is 0 Å². The van der Waals surface area contributed by atoms with Crippen LogP contribution in [0.25, 0.3) is 0 Å². The highest BCUT2D eigenvalue weighted by Gasteiger charge is 2.23. The van der Waals surface area contributed by atoms with E-state index in [4.69, 9.17) is 5.11 Å². The van der Waals surface area contributed by atoms with Gasteiger partial charge in [-0.1, -0.05) is 26.2 Å². The zero-order chi connectivity index (χ0) is 11.1. The van der Waals surface area contributed by atoms with Crippen molar-refractivity contribution in [3.63, 3.8) is 0 Å². The van der Waals surface area contributed by atoms with Gasteiger partial charge in [0.25, 0.3) is 0 Å². The van der Waals surface area contributed by atoms with E-state index in [1.54, 1.807) is 0 Å². The summed E-state index contributed by atoms with van der Waals surface area (Å²) in [4.78, 5) is 11.3. The molecular weight excluding hydrogens is 190 g/mol. The summed E-state index contributed by atoms with van der Waals surface area (Å²) in [6, 6.07) is 0.197. The van der Waals surface area contributed by atoms with Crippen molar-refractivity contribution in [3.05, 3.63) is 0 Å². The van der Waals surface area contributed by atoms with Crippen molar-refractivity contribution in [3.8, 4) is 0 Å². The maximum Gasteiger partial charge on any atom is 0.219 e. The second-order valence-electron chi connectivity index (χ2n) is 4.44. The first-order valence-corrected chi connectivity index (χ1v) is 6.18. The Kier molecular flexibility index (Phi) is 5.69. The number of hydrogen-bond donors (Lipinski definition) is 2. The normalized spacial score (nSPS) is 19.9. The van der Waals surface area contributed by atoms with Crippen molar-refractivity contribution in [2.24, 2.45) is 5.92 Å². The number of carbonyl (C=O) groups excluding carboxylic acids is 1. The Morgan fingerprint density at radius 2 is 2.07 bits per heavy atom. The van der Waals surface area contributed by atoms with Gasteiger partial charge in [0.05, 0.1) is 0 Å². The van der Waals surface area contributed by atoms with Gasteiger partial charge in [-0.15, -0.1) is 0 Å². The zero-order valence-corrected chi connectivity index (χ0v) is 9.67. The minimum Gasteiger partial charge on any atom is -0.396 e. The number of hydrogen-bond acceptors (Lipinski definition) is 2. The van der Waals surface area contributed by atoms with Crippen molar-refractivity contribution in [2.75, 3.05) is 6.61 Å². The second-order valence-corrected chi connectivity index (χ2v) is 4.44. The molecule has 1 fully saturated rings. The van der Waals surface area contributed by atoms with Crippen LogP contribution in [0, 0.1) is 5.92 Å². The molecule has 88 valence electrons. The molecule has 1 unspecified atom stereocenters. The maximum atomic E-state index is 11.3. The Labute approximate surface area is 92.3 Å². The largest absolute Gasteiger partial charge is 0.396 e. The molecule has 0 saturated heterocycles. The summed E-state index contributed by atoms with van der Waals surface area (Å²) < 4.78 is 0. The van der Waals surface area contributed by atoms with Gasteiger partial charge in [0.1, 0.15) is 0 Å². The molecule has 0 aromatic heterocycles. The highest BCUT2D eigenvalue weighted by molar-refractivity contribution is 5.75. The second kappa shape index (κ2) is 6.83. The van der Waals surface area contributed by atoms with Gasteiger partial charge in [-0.25, -0.2) is 0 Å². The lowest BCUT2D eigenvalue weighted by Gasteiger charge is -2.30. The molecule has 0 radical (unpaired) electrons. The number of carbonyl (C=O) groups is 1. The molecule has 1 atom stereocenters. The van der Waals surface area contributed by atoms with E-state index in [1.165, 1.54) is 32.1 Å². The SMILES string of the molecule is CCC(=O)NC(CCO)C1CCCCC1. The number of amides is 1. The first-order chi connectivity index (χ1) is 7.27. The first-order valence-electron chi connectivity index (χ1n) is 6.18. The lowest BCUT2D eigenvalue weighted by molar-refractivity contribution is -0.122. The molecule has 0 heterocycles. The highest BCUT2D eigenvalue weighted by Crippen LogP contribution is 2.27. The van der Waals surface area contributed by atoms with E-state index in [0.717, 1.165) is 0 Å². The standard InChI is InChI=1S/C12H23NO2/c1-2-12(15)13-11(8-9-14)10-6-4-3-5-7-10/h10-11,14H,2-9H2,1H3,(H,13,15). The van der Waals surface area contributed by atoms with Gasteiger partial charge in [0, 0.05) is 19.1 Å². The summed E-state index contributed by atoms with van der Waals surface area (Å²) in [5.74, 6) is 0.695. The van der Waals surface area contributed by atoms with Gasteiger partial charge in [-0.3, -0.25) is 4.79 Å². The van der Waals surface area contributed by atoms with Crippen LogP contribution in [0.1, 0.15) is 51.9 Å². The summed E-state index contributed by atoms with van der Waals surface area (Å²) in [5.41, 5.74) is 0. The quantitative estimate of drug-likeness (QED) is 0.732. The van der Waals surface area contributed by atoms with E-state index in [1.807, 2.05) is 6.92 Å². The molecule has 3 heteroatoms. The minimum atomic E-state index is 0.110. The van der Waals surface area contributed by atoms with Crippen molar-refractivity contribution in [2.45, 2.75) is 57.9 Å². The molecular formula is C12H23NO2. The lowest BCUT2D eigenvalue weighted by atomic mass is 9.82. The third-order valence-corrected chi connectivity index (χ3v) is 3.33. The Morgan fingerprint density at radius 3 is 2.60 bits per heavy atom.